The van der Waals surface area contributed by atoms with Crippen molar-refractivity contribution >= 4 is 38.1 Å². The quantitative estimate of drug-likeness (QED) is 0.397. The van der Waals surface area contributed by atoms with Gasteiger partial charge in [-0.05, 0) is 61.7 Å². The molecule has 0 aliphatic heterocycles. The molecular weight excluding hydrogens is 456 g/mol. The molecule has 0 saturated heterocycles. The van der Waals surface area contributed by atoms with E-state index in [0.717, 1.165) is 16.7 Å². The smallest absolute Gasteiger partial charge is 0.262 e. The van der Waals surface area contributed by atoms with E-state index in [1.165, 1.54) is 17.4 Å². The number of aryl methyl sites for hydroxylation is 3. The monoisotopic (exact) mass is 478 g/mol. The standard InChI is InChI=1S/C24H22N4O3S2/c1-15-10-12-20(13-17(15)3)28-33(30,31)21-14-19(11-9-16(21)2)22(29)25-24-27-26-23(32-24)18-7-5-4-6-8-18/h4-14,28H,1-3H3,(H,25,27,29). The zero-order valence-corrected chi connectivity index (χ0v) is 19.9. The van der Waals surface area contributed by atoms with Crippen LogP contribution in [0.1, 0.15) is 27.0 Å². The number of sulfonamides is 1. The fourth-order valence-corrected chi connectivity index (χ4v) is 5.25. The molecular formula is C24H22N4O3S2. The van der Waals surface area contributed by atoms with Crippen molar-refractivity contribution in [2.45, 2.75) is 25.7 Å². The van der Waals surface area contributed by atoms with Crippen molar-refractivity contribution in [1.29, 1.82) is 0 Å². The third kappa shape index (κ3) is 5.10. The summed E-state index contributed by atoms with van der Waals surface area (Å²) >= 11 is 1.24. The number of carbonyl (C=O) groups is 1. The minimum absolute atomic E-state index is 0.0376. The van der Waals surface area contributed by atoms with Crippen molar-refractivity contribution in [1.82, 2.24) is 10.2 Å². The predicted molar refractivity (Wildman–Crippen MR) is 131 cm³/mol. The van der Waals surface area contributed by atoms with Crippen LogP contribution in [0.15, 0.2) is 71.6 Å². The average Bonchev–Trinajstić information content (AvgIpc) is 3.25. The lowest BCUT2D eigenvalue weighted by molar-refractivity contribution is 0.102. The highest BCUT2D eigenvalue weighted by Crippen LogP contribution is 2.27. The molecule has 33 heavy (non-hydrogen) atoms. The van der Waals surface area contributed by atoms with Gasteiger partial charge in [-0.1, -0.05) is 53.8 Å². The van der Waals surface area contributed by atoms with E-state index in [2.05, 4.69) is 20.2 Å². The van der Waals surface area contributed by atoms with E-state index in [0.29, 0.717) is 21.4 Å². The van der Waals surface area contributed by atoms with E-state index in [9.17, 15) is 13.2 Å². The molecule has 1 heterocycles. The van der Waals surface area contributed by atoms with Crippen molar-refractivity contribution in [2.75, 3.05) is 10.0 Å². The van der Waals surface area contributed by atoms with Crippen LogP contribution >= 0.6 is 11.3 Å². The zero-order valence-electron chi connectivity index (χ0n) is 18.3. The van der Waals surface area contributed by atoms with Crippen LogP contribution in [0.3, 0.4) is 0 Å². The molecule has 1 aromatic heterocycles. The van der Waals surface area contributed by atoms with E-state index in [-0.39, 0.29) is 10.5 Å². The maximum absolute atomic E-state index is 13.0. The molecule has 0 fully saturated rings. The molecule has 9 heteroatoms. The first-order valence-electron chi connectivity index (χ1n) is 10.1. The molecule has 7 nitrogen and oxygen atoms in total. The molecule has 168 valence electrons. The second-order valence-corrected chi connectivity index (χ2v) is 10.2. The molecule has 0 radical (unpaired) electrons. The van der Waals surface area contributed by atoms with Gasteiger partial charge >= 0.3 is 0 Å². The summed E-state index contributed by atoms with van der Waals surface area (Å²) in [5, 5.41) is 11.8. The van der Waals surface area contributed by atoms with Gasteiger partial charge in [0.15, 0.2) is 0 Å². The second kappa shape index (κ2) is 9.13. The van der Waals surface area contributed by atoms with E-state index in [4.69, 9.17) is 0 Å². The molecule has 0 unspecified atom stereocenters. The van der Waals surface area contributed by atoms with Crippen LogP contribution in [0.2, 0.25) is 0 Å². The summed E-state index contributed by atoms with van der Waals surface area (Å²) in [6, 6.07) is 19.4. The molecule has 1 amide bonds. The minimum Gasteiger partial charge on any atom is -0.296 e. The number of anilines is 2. The highest BCUT2D eigenvalue weighted by molar-refractivity contribution is 7.92. The number of carbonyl (C=O) groups excluding carboxylic acids is 1. The van der Waals surface area contributed by atoms with Crippen molar-refractivity contribution in [3.8, 4) is 10.6 Å². The van der Waals surface area contributed by atoms with Gasteiger partial charge in [0.25, 0.3) is 15.9 Å². The SMILES string of the molecule is Cc1ccc(NS(=O)(=O)c2cc(C(=O)Nc3nnc(-c4ccccc4)s3)ccc2C)cc1C. The maximum atomic E-state index is 13.0. The molecule has 0 atom stereocenters. The number of nitrogens with one attached hydrogen (secondary N) is 2. The van der Waals surface area contributed by atoms with Crippen molar-refractivity contribution in [3.63, 3.8) is 0 Å². The number of rotatable bonds is 6. The second-order valence-electron chi connectivity index (χ2n) is 7.62. The largest absolute Gasteiger partial charge is 0.296 e. The lowest BCUT2D eigenvalue weighted by atomic mass is 10.1. The molecule has 0 saturated carbocycles. The Kier molecular flexibility index (Phi) is 6.26. The predicted octanol–water partition coefficient (Wildman–Crippen LogP) is 5.18. The summed E-state index contributed by atoms with van der Waals surface area (Å²) in [4.78, 5) is 12.8. The Bertz CT molecular complexity index is 1430. The average molecular weight is 479 g/mol. The Balaban J connectivity index is 1.55. The Morgan fingerprint density at radius 1 is 0.848 bits per heavy atom. The van der Waals surface area contributed by atoms with Gasteiger partial charge in [0.1, 0.15) is 5.01 Å². The molecule has 4 aromatic rings. The third-order valence-electron chi connectivity index (χ3n) is 5.17. The Morgan fingerprint density at radius 3 is 2.30 bits per heavy atom. The van der Waals surface area contributed by atoms with Gasteiger partial charge in [0, 0.05) is 16.8 Å². The van der Waals surface area contributed by atoms with Crippen LogP contribution in [-0.4, -0.2) is 24.5 Å². The van der Waals surface area contributed by atoms with Gasteiger partial charge in [-0.3, -0.25) is 14.8 Å². The molecule has 0 aliphatic rings. The van der Waals surface area contributed by atoms with Crippen LogP contribution < -0.4 is 10.0 Å². The lowest BCUT2D eigenvalue weighted by Crippen LogP contribution is -2.17. The fourth-order valence-electron chi connectivity index (χ4n) is 3.19. The number of amides is 1. The lowest BCUT2D eigenvalue weighted by Gasteiger charge is -2.13. The summed E-state index contributed by atoms with van der Waals surface area (Å²) in [6.45, 7) is 5.56. The molecule has 3 aromatic carbocycles. The Hall–Kier alpha value is -3.56. The number of hydrogen-bond donors (Lipinski definition) is 2. The van der Waals surface area contributed by atoms with E-state index in [1.807, 2.05) is 50.2 Å². The van der Waals surface area contributed by atoms with Gasteiger partial charge < -0.3 is 0 Å². The van der Waals surface area contributed by atoms with Crippen LogP contribution in [0.5, 0.6) is 0 Å². The summed E-state index contributed by atoms with van der Waals surface area (Å²) in [5.74, 6) is -0.464. The van der Waals surface area contributed by atoms with Gasteiger partial charge in [-0.25, -0.2) is 8.42 Å². The number of hydrogen-bond acceptors (Lipinski definition) is 6. The van der Waals surface area contributed by atoms with Gasteiger partial charge in [0.2, 0.25) is 5.13 Å². The number of aromatic nitrogens is 2. The topological polar surface area (TPSA) is 101 Å². The highest BCUT2D eigenvalue weighted by atomic mass is 32.2. The van der Waals surface area contributed by atoms with Crippen molar-refractivity contribution < 1.29 is 13.2 Å². The third-order valence-corrected chi connectivity index (χ3v) is 7.58. The Labute approximate surface area is 196 Å². The van der Waals surface area contributed by atoms with Gasteiger partial charge in [-0.15, -0.1) is 10.2 Å². The van der Waals surface area contributed by atoms with E-state index >= 15 is 0 Å². The number of nitrogens with zero attached hydrogens (tertiary/aromatic N) is 2. The van der Waals surface area contributed by atoms with Crippen LogP contribution in [0.4, 0.5) is 10.8 Å². The number of benzene rings is 3. The molecule has 0 aliphatic carbocycles. The fraction of sp³-hybridized carbons (Fsp3) is 0.125. The molecule has 4 rings (SSSR count). The van der Waals surface area contributed by atoms with Crippen LogP contribution in [0, 0.1) is 20.8 Å². The first-order valence-corrected chi connectivity index (χ1v) is 12.4. The Morgan fingerprint density at radius 2 is 1.58 bits per heavy atom. The summed E-state index contributed by atoms with van der Waals surface area (Å²) < 4.78 is 28.7. The first kappa shape index (κ1) is 22.6. The maximum Gasteiger partial charge on any atom is 0.262 e. The van der Waals surface area contributed by atoms with Crippen LogP contribution in [0.25, 0.3) is 10.6 Å². The molecule has 0 spiro atoms. The molecule has 2 N–H and O–H groups in total. The normalized spacial score (nSPS) is 11.2. The molecule has 0 bridgehead atoms. The van der Waals surface area contributed by atoms with E-state index in [1.54, 1.807) is 31.2 Å². The van der Waals surface area contributed by atoms with Crippen molar-refractivity contribution in [2.24, 2.45) is 0 Å². The van der Waals surface area contributed by atoms with Crippen LogP contribution in [-0.2, 0) is 10.0 Å². The van der Waals surface area contributed by atoms with Crippen molar-refractivity contribution in [3.05, 3.63) is 89.0 Å². The van der Waals surface area contributed by atoms with Gasteiger partial charge in [-0.2, -0.15) is 0 Å². The summed E-state index contributed by atoms with van der Waals surface area (Å²) in [5.41, 5.74) is 4.15. The van der Waals surface area contributed by atoms with Gasteiger partial charge in [0.05, 0.1) is 4.90 Å². The summed E-state index contributed by atoms with van der Waals surface area (Å²) in [6.07, 6.45) is 0. The minimum atomic E-state index is -3.89. The first-order chi connectivity index (χ1) is 15.7. The summed E-state index contributed by atoms with van der Waals surface area (Å²) in [7, 11) is -3.89. The van der Waals surface area contributed by atoms with E-state index < -0.39 is 15.9 Å². The highest BCUT2D eigenvalue weighted by Gasteiger charge is 2.20. The zero-order chi connectivity index (χ0) is 23.6.